The maximum atomic E-state index is 12.2. The van der Waals surface area contributed by atoms with E-state index in [2.05, 4.69) is 0 Å². The number of rotatable bonds is 2. The summed E-state index contributed by atoms with van der Waals surface area (Å²) in [6.07, 6.45) is -4.23. The number of nitrogens with two attached hydrogens (primary N) is 1. The predicted molar refractivity (Wildman–Crippen MR) is 42.2 cm³/mol. The first-order valence-corrected chi connectivity index (χ1v) is 4.29. The molecule has 0 aromatic carbocycles. The van der Waals surface area contributed by atoms with E-state index in [0.717, 1.165) is 0 Å². The second kappa shape index (κ2) is 3.45. The first-order chi connectivity index (χ1) is 5.55. The maximum absolute atomic E-state index is 12.2. The van der Waals surface area contributed by atoms with Gasteiger partial charge in [0.1, 0.15) is 0 Å². The van der Waals surface area contributed by atoms with Gasteiger partial charge in [-0.1, -0.05) is 0 Å². The Balaban J connectivity index is 2.84. The standard InChI is InChI=1S/C7H8F3NS/c8-7(9,10)6(3-11)5-1-2-12-4-5/h1-2,4,6H,3,11H2. The van der Waals surface area contributed by atoms with E-state index in [1.165, 1.54) is 22.8 Å². The lowest BCUT2D eigenvalue weighted by Crippen LogP contribution is -2.27. The molecular formula is C7H8F3NS. The molecule has 0 radical (unpaired) electrons. The molecule has 1 aromatic heterocycles. The van der Waals surface area contributed by atoms with E-state index >= 15 is 0 Å². The van der Waals surface area contributed by atoms with Gasteiger partial charge in [0.05, 0.1) is 5.92 Å². The van der Waals surface area contributed by atoms with Gasteiger partial charge in [-0.15, -0.1) is 0 Å². The fourth-order valence-electron chi connectivity index (χ4n) is 0.932. The number of hydrogen-bond donors (Lipinski definition) is 1. The van der Waals surface area contributed by atoms with Gasteiger partial charge < -0.3 is 5.73 Å². The van der Waals surface area contributed by atoms with Gasteiger partial charge >= 0.3 is 6.18 Å². The van der Waals surface area contributed by atoms with Gasteiger partial charge in [-0.25, -0.2) is 0 Å². The summed E-state index contributed by atoms with van der Waals surface area (Å²) in [6.45, 7) is -0.389. The highest BCUT2D eigenvalue weighted by Crippen LogP contribution is 2.34. The highest BCUT2D eigenvalue weighted by atomic mass is 32.1. The number of alkyl halides is 3. The first-order valence-electron chi connectivity index (χ1n) is 3.34. The Bertz CT molecular complexity index is 229. The molecule has 12 heavy (non-hydrogen) atoms. The molecule has 1 nitrogen and oxygen atoms in total. The molecule has 0 aliphatic heterocycles. The van der Waals surface area contributed by atoms with Crippen molar-refractivity contribution in [2.24, 2.45) is 5.73 Å². The molecule has 2 N–H and O–H groups in total. The van der Waals surface area contributed by atoms with E-state index in [9.17, 15) is 13.2 Å². The molecule has 0 aliphatic rings. The van der Waals surface area contributed by atoms with Crippen molar-refractivity contribution in [2.75, 3.05) is 6.54 Å². The second-order valence-electron chi connectivity index (χ2n) is 2.39. The van der Waals surface area contributed by atoms with Crippen LogP contribution in [0.1, 0.15) is 11.5 Å². The van der Waals surface area contributed by atoms with E-state index < -0.39 is 12.1 Å². The summed E-state index contributed by atoms with van der Waals surface area (Å²) in [5, 5.41) is 3.09. The van der Waals surface area contributed by atoms with Crippen molar-refractivity contribution in [2.45, 2.75) is 12.1 Å². The largest absolute Gasteiger partial charge is 0.396 e. The third-order valence-corrected chi connectivity index (χ3v) is 2.28. The van der Waals surface area contributed by atoms with Crippen LogP contribution in [0.5, 0.6) is 0 Å². The topological polar surface area (TPSA) is 26.0 Å². The molecule has 1 aromatic rings. The van der Waals surface area contributed by atoms with Crippen molar-refractivity contribution in [1.82, 2.24) is 0 Å². The molecule has 0 aliphatic carbocycles. The van der Waals surface area contributed by atoms with Crippen molar-refractivity contribution in [3.63, 3.8) is 0 Å². The first kappa shape index (κ1) is 9.54. The molecule has 5 heteroatoms. The lowest BCUT2D eigenvalue weighted by atomic mass is 10.0. The lowest BCUT2D eigenvalue weighted by Gasteiger charge is -2.16. The highest BCUT2D eigenvalue weighted by molar-refractivity contribution is 7.07. The van der Waals surface area contributed by atoms with Gasteiger partial charge in [0.2, 0.25) is 0 Å². The molecule has 0 saturated heterocycles. The Morgan fingerprint density at radius 3 is 2.50 bits per heavy atom. The van der Waals surface area contributed by atoms with Crippen LogP contribution in [0, 0.1) is 0 Å². The van der Waals surface area contributed by atoms with E-state index in [0.29, 0.717) is 0 Å². The van der Waals surface area contributed by atoms with Crippen LogP contribution in [0.2, 0.25) is 0 Å². The minimum atomic E-state index is -4.23. The van der Waals surface area contributed by atoms with Gasteiger partial charge in [-0.05, 0) is 22.4 Å². The van der Waals surface area contributed by atoms with E-state index in [4.69, 9.17) is 5.73 Å². The fourth-order valence-corrected chi connectivity index (χ4v) is 1.65. The number of hydrogen-bond acceptors (Lipinski definition) is 2. The molecule has 68 valence electrons. The molecule has 1 heterocycles. The number of thiophene rings is 1. The van der Waals surface area contributed by atoms with Crippen LogP contribution in [0.25, 0.3) is 0 Å². The minimum Gasteiger partial charge on any atom is -0.330 e. The van der Waals surface area contributed by atoms with Gasteiger partial charge in [-0.3, -0.25) is 0 Å². The van der Waals surface area contributed by atoms with Crippen LogP contribution in [-0.2, 0) is 0 Å². The van der Waals surface area contributed by atoms with E-state index in [-0.39, 0.29) is 12.1 Å². The van der Waals surface area contributed by atoms with Gasteiger partial charge in [0.15, 0.2) is 0 Å². The normalized spacial score (nSPS) is 14.7. The Morgan fingerprint density at radius 2 is 2.17 bits per heavy atom. The Kier molecular flexibility index (Phi) is 2.74. The van der Waals surface area contributed by atoms with Crippen LogP contribution in [0.3, 0.4) is 0 Å². The van der Waals surface area contributed by atoms with Crippen molar-refractivity contribution in [3.8, 4) is 0 Å². The Labute approximate surface area is 72.0 Å². The maximum Gasteiger partial charge on any atom is 0.396 e. The van der Waals surface area contributed by atoms with E-state index in [1.807, 2.05) is 0 Å². The monoisotopic (exact) mass is 195 g/mol. The number of halogens is 3. The van der Waals surface area contributed by atoms with Crippen LogP contribution >= 0.6 is 11.3 Å². The van der Waals surface area contributed by atoms with Crippen LogP contribution in [0.15, 0.2) is 16.8 Å². The second-order valence-corrected chi connectivity index (χ2v) is 3.17. The fraction of sp³-hybridized carbons (Fsp3) is 0.429. The van der Waals surface area contributed by atoms with Crippen molar-refractivity contribution >= 4 is 11.3 Å². The molecule has 0 bridgehead atoms. The summed E-state index contributed by atoms with van der Waals surface area (Å²) in [7, 11) is 0. The summed E-state index contributed by atoms with van der Waals surface area (Å²) in [4.78, 5) is 0. The molecular weight excluding hydrogens is 187 g/mol. The average molecular weight is 195 g/mol. The Hall–Kier alpha value is -0.550. The predicted octanol–water partition coefficient (Wildman–Crippen LogP) is 2.35. The summed E-state index contributed by atoms with van der Waals surface area (Å²) in [6, 6.07) is 1.45. The summed E-state index contributed by atoms with van der Waals surface area (Å²) in [5.41, 5.74) is 5.29. The zero-order valence-corrected chi connectivity index (χ0v) is 6.95. The summed E-state index contributed by atoms with van der Waals surface area (Å²) in [5.74, 6) is -1.51. The summed E-state index contributed by atoms with van der Waals surface area (Å²) >= 11 is 1.24. The van der Waals surface area contributed by atoms with Crippen LogP contribution in [0.4, 0.5) is 13.2 Å². The molecule has 1 unspecified atom stereocenters. The zero-order chi connectivity index (χ0) is 9.19. The third kappa shape index (κ3) is 1.98. The minimum absolute atomic E-state index is 0.259. The average Bonchev–Trinajstić information content (AvgIpc) is 2.38. The molecule has 0 amide bonds. The van der Waals surface area contributed by atoms with Gasteiger partial charge in [0, 0.05) is 6.54 Å². The van der Waals surface area contributed by atoms with Crippen LogP contribution in [-0.4, -0.2) is 12.7 Å². The molecule has 1 atom stereocenters. The molecule has 0 fully saturated rings. The van der Waals surface area contributed by atoms with Gasteiger partial charge in [-0.2, -0.15) is 24.5 Å². The van der Waals surface area contributed by atoms with Crippen molar-refractivity contribution < 1.29 is 13.2 Å². The van der Waals surface area contributed by atoms with Gasteiger partial charge in [0.25, 0.3) is 0 Å². The molecule has 1 rings (SSSR count). The Morgan fingerprint density at radius 1 is 1.50 bits per heavy atom. The smallest absolute Gasteiger partial charge is 0.330 e. The highest BCUT2D eigenvalue weighted by Gasteiger charge is 2.39. The van der Waals surface area contributed by atoms with Crippen molar-refractivity contribution in [3.05, 3.63) is 22.4 Å². The van der Waals surface area contributed by atoms with Crippen LogP contribution < -0.4 is 5.73 Å². The molecule has 0 spiro atoms. The summed E-state index contributed by atoms with van der Waals surface area (Å²) < 4.78 is 36.6. The lowest BCUT2D eigenvalue weighted by molar-refractivity contribution is -0.148. The van der Waals surface area contributed by atoms with E-state index in [1.54, 1.807) is 5.38 Å². The zero-order valence-electron chi connectivity index (χ0n) is 6.14. The quantitative estimate of drug-likeness (QED) is 0.770. The third-order valence-electron chi connectivity index (χ3n) is 1.58. The SMILES string of the molecule is NCC(c1ccsc1)C(F)(F)F. The molecule has 0 saturated carbocycles. The van der Waals surface area contributed by atoms with Crippen molar-refractivity contribution in [1.29, 1.82) is 0 Å².